The molecule has 0 aliphatic carbocycles. The molecule has 2 aromatic carbocycles. The highest BCUT2D eigenvalue weighted by atomic mass is 16.2. The molecule has 2 aromatic rings. The Hall–Kier alpha value is -2.66. The van der Waals surface area contributed by atoms with Crippen molar-refractivity contribution in [3.63, 3.8) is 0 Å². The van der Waals surface area contributed by atoms with Crippen LogP contribution >= 0.6 is 0 Å². The molecular formula is C21H23N3O2. The van der Waals surface area contributed by atoms with Crippen molar-refractivity contribution in [2.45, 2.75) is 31.3 Å². The molecule has 2 aliphatic heterocycles. The van der Waals surface area contributed by atoms with Crippen molar-refractivity contribution in [3.8, 4) is 0 Å². The Bertz CT molecular complexity index is 775. The fourth-order valence-corrected chi connectivity index (χ4v) is 3.95. The highest BCUT2D eigenvalue weighted by Crippen LogP contribution is 2.29. The number of carbonyl (C=O) groups excluding carboxylic acids is 2. The van der Waals surface area contributed by atoms with Gasteiger partial charge in [-0.2, -0.15) is 0 Å². The largest absolute Gasteiger partial charge is 0.331 e. The fraction of sp³-hybridized carbons (Fsp3) is 0.333. The van der Waals surface area contributed by atoms with Gasteiger partial charge in [0.2, 0.25) is 0 Å². The van der Waals surface area contributed by atoms with Gasteiger partial charge < -0.3 is 15.5 Å². The first-order chi connectivity index (χ1) is 12.7. The van der Waals surface area contributed by atoms with Crippen LogP contribution in [0.15, 0.2) is 54.6 Å². The van der Waals surface area contributed by atoms with Crippen LogP contribution in [0.3, 0.4) is 0 Å². The molecule has 2 heterocycles. The van der Waals surface area contributed by atoms with E-state index >= 15 is 0 Å². The molecule has 134 valence electrons. The summed E-state index contributed by atoms with van der Waals surface area (Å²) in [6, 6.07) is 16.9. The third-order valence-corrected chi connectivity index (χ3v) is 5.31. The summed E-state index contributed by atoms with van der Waals surface area (Å²) in [4.78, 5) is 27.3. The first-order valence-electron chi connectivity index (χ1n) is 9.22. The first kappa shape index (κ1) is 16.8. The zero-order valence-electron chi connectivity index (χ0n) is 14.7. The van der Waals surface area contributed by atoms with Crippen molar-refractivity contribution in [3.05, 3.63) is 65.7 Å². The molecule has 2 saturated heterocycles. The molecule has 26 heavy (non-hydrogen) atoms. The van der Waals surface area contributed by atoms with E-state index in [0.29, 0.717) is 28.9 Å². The normalized spacial score (nSPS) is 21.9. The second-order valence-electron chi connectivity index (χ2n) is 6.99. The molecular weight excluding hydrogens is 326 g/mol. The van der Waals surface area contributed by atoms with Gasteiger partial charge in [0.15, 0.2) is 0 Å². The topological polar surface area (TPSA) is 61.4 Å². The maximum atomic E-state index is 13.0. The number of nitrogens with zero attached hydrogens (tertiary/aromatic N) is 1. The van der Waals surface area contributed by atoms with Gasteiger partial charge in [-0.05, 0) is 62.2 Å². The highest BCUT2D eigenvalue weighted by Gasteiger charge is 2.38. The van der Waals surface area contributed by atoms with Gasteiger partial charge in [0.25, 0.3) is 11.8 Å². The Morgan fingerprint density at radius 1 is 0.885 bits per heavy atom. The van der Waals surface area contributed by atoms with E-state index in [1.165, 1.54) is 0 Å². The monoisotopic (exact) mass is 349 g/mol. The van der Waals surface area contributed by atoms with Crippen molar-refractivity contribution in [1.82, 2.24) is 10.2 Å². The van der Waals surface area contributed by atoms with Crippen LogP contribution < -0.4 is 10.6 Å². The SMILES string of the molecule is O=C(Nc1ccc(C(=O)N2C3CCNCC2CC3)cc1)c1ccccc1. The third kappa shape index (κ3) is 3.35. The smallest absolute Gasteiger partial charge is 0.255 e. The molecule has 2 amide bonds. The van der Waals surface area contributed by atoms with Crippen molar-refractivity contribution < 1.29 is 9.59 Å². The third-order valence-electron chi connectivity index (χ3n) is 5.31. The lowest BCUT2D eigenvalue weighted by Gasteiger charge is -2.28. The number of hydrogen-bond donors (Lipinski definition) is 2. The average Bonchev–Trinajstić information content (AvgIpc) is 2.95. The Kier molecular flexibility index (Phi) is 4.71. The number of amides is 2. The number of nitrogens with one attached hydrogen (secondary N) is 2. The van der Waals surface area contributed by atoms with Crippen molar-refractivity contribution in [1.29, 1.82) is 0 Å². The van der Waals surface area contributed by atoms with Gasteiger partial charge in [0.05, 0.1) is 0 Å². The summed E-state index contributed by atoms with van der Waals surface area (Å²) in [5.41, 5.74) is 1.98. The minimum Gasteiger partial charge on any atom is -0.331 e. The lowest BCUT2D eigenvalue weighted by molar-refractivity contribution is 0.0680. The summed E-state index contributed by atoms with van der Waals surface area (Å²) in [6.07, 6.45) is 3.20. The zero-order chi connectivity index (χ0) is 17.9. The standard InChI is InChI=1S/C21H23N3O2/c25-20(15-4-2-1-3-5-15)23-17-8-6-16(7-9-17)21(26)24-18-10-11-19(24)14-22-13-12-18/h1-9,18-19,22H,10-14H2,(H,23,25). The molecule has 5 heteroatoms. The minimum absolute atomic E-state index is 0.0992. The van der Waals surface area contributed by atoms with E-state index in [1.54, 1.807) is 36.4 Å². The Labute approximate surface area is 153 Å². The Morgan fingerprint density at radius 2 is 1.62 bits per heavy atom. The molecule has 0 saturated carbocycles. The molecule has 2 atom stereocenters. The van der Waals surface area contributed by atoms with E-state index in [1.807, 2.05) is 18.2 Å². The van der Waals surface area contributed by atoms with Crippen LogP contribution in [0.25, 0.3) is 0 Å². The molecule has 0 spiro atoms. The zero-order valence-corrected chi connectivity index (χ0v) is 14.7. The molecule has 0 radical (unpaired) electrons. The van der Waals surface area contributed by atoms with Crippen LogP contribution in [0.2, 0.25) is 0 Å². The summed E-state index contributed by atoms with van der Waals surface area (Å²) >= 11 is 0. The summed E-state index contributed by atoms with van der Waals surface area (Å²) in [6.45, 7) is 1.86. The number of anilines is 1. The van der Waals surface area contributed by atoms with Gasteiger partial charge >= 0.3 is 0 Å². The molecule has 2 unspecified atom stereocenters. The van der Waals surface area contributed by atoms with Crippen molar-refractivity contribution in [2.75, 3.05) is 18.4 Å². The van der Waals surface area contributed by atoms with E-state index in [9.17, 15) is 9.59 Å². The van der Waals surface area contributed by atoms with E-state index in [2.05, 4.69) is 15.5 Å². The average molecular weight is 349 g/mol. The first-order valence-corrected chi connectivity index (χ1v) is 9.22. The Morgan fingerprint density at radius 3 is 2.38 bits per heavy atom. The van der Waals surface area contributed by atoms with Gasteiger partial charge in [-0.1, -0.05) is 18.2 Å². The van der Waals surface area contributed by atoms with Crippen LogP contribution in [-0.4, -0.2) is 41.9 Å². The lowest BCUT2D eigenvalue weighted by Crippen LogP contribution is -2.42. The molecule has 2 bridgehead atoms. The summed E-state index contributed by atoms with van der Waals surface area (Å²) in [5.74, 6) is -0.0524. The van der Waals surface area contributed by atoms with Gasteiger partial charge in [0, 0.05) is 35.4 Å². The predicted octanol–water partition coefficient (Wildman–Crippen LogP) is 2.91. The lowest BCUT2D eigenvalue weighted by atomic mass is 10.1. The van der Waals surface area contributed by atoms with Gasteiger partial charge in [-0.15, -0.1) is 0 Å². The second kappa shape index (κ2) is 7.30. The highest BCUT2D eigenvalue weighted by molar-refractivity contribution is 6.04. The van der Waals surface area contributed by atoms with Crippen LogP contribution in [0.5, 0.6) is 0 Å². The quantitative estimate of drug-likeness (QED) is 0.896. The number of carbonyl (C=O) groups is 2. The van der Waals surface area contributed by atoms with E-state index < -0.39 is 0 Å². The number of hydrogen-bond acceptors (Lipinski definition) is 3. The van der Waals surface area contributed by atoms with E-state index in [-0.39, 0.29) is 11.8 Å². The van der Waals surface area contributed by atoms with Crippen LogP contribution in [-0.2, 0) is 0 Å². The van der Waals surface area contributed by atoms with Crippen LogP contribution in [0, 0.1) is 0 Å². The summed E-state index contributed by atoms with van der Waals surface area (Å²) < 4.78 is 0. The molecule has 2 fully saturated rings. The summed E-state index contributed by atoms with van der Waals surface area (Å²) in [7, 11) is 0. The van der Waals surface area contributed by atoms with Crippen LogP contribution in [0.4, 0.5) is 5.69 Å². The maximum absolute atomic E-state index is 13.0. The van der Waals surface area contributed by atoms with Gasteiger partial charge in [-0.25, -0.2) is 0 Å². The van der Waals surface area contributed by atoms with E-state index in [0.717, 1.165) is 32.4 Å². The van der Waals surface area contributed by atoms with Gasteiger partial charge in [0.1, 0.15) is 0 Å². The fourth-order valence-electron chi connectivity index (χ4n) is 3.95. The summed E-state index contributed by atoms with van der Waals surface area (Å²) in [5, 5.41) is 6.29. The van der Waals surface area contributed by atoms with Crippen LogP contribution in [0.1, 0.15) is 40.0 Å². The number of benzene rings is 2. The number of fused-ring (bicyclic) bond motifs is 2. The maximum Gasteiger partial charge on any atom is 0.255 e. The second-order valence-corrected chi connectivity index (χ2v) is 6.99. The van der Waals surface area contributed by atoms with Crippen molar-refractivity contribution in [2.24, 2.45) is 0 Å². The molecule has 0 aromatic heterocycles. The van der Waals surface area contributed by atoms with E-state index in [4.69, 9.17) is 0 Å². The van der Waals surface area contributed by atoms with Gasteiger partial charge in [-0.3, -0.25) is 9.59 Å². The molecule has 4 rings (SSSR count). The molecule has 5 nitrogen and oxygen atoms in total. The van der Waals surface area contributed by atoms with Crippen molar-refractivity contribution >= 4 is 17.5 Å². The molecule has 2 aliphatic rings. The predicted molar refractivity (Wildman–Crippen MR) is 101 cm³/mol. The number of rotatable bonds is 3. The Balaban J connectivity index is 1.46. The molecule has 2 N–H and O–H groups in total. The minimum atomic E-state index is -0.152.